The molecule has 0 bridgehead atoms. The summed E-state index contributed by atoms with van der Waals surface area (Å²) in [6.45, 7) is 2.76. The van der Waals surface area contributed by atoms with Crippen LogP contribution in [0.1, 0.15) is 35.4 Å². The maximum Gasteiger partial charge on any atom is 0.229 e. The van der Waals surface area contributed by atoms with E-state index in [0.717, 1.165) is 22.3 Å². The standard InChI is InChI=1S/C23H22FN3O2/c1-14(28)16-2-3-17-12-27(13-18(17)10-16)23(29)11-22-20(25)8-9-21(26-22)15-4-6-19(24)7-5-15/h2-10,14,28H,11-13,25H2,1H3. The van der Waals surface area contributed by atoms with Crippen molar-refractivity contribution in [3.63, 3.8) is 0 Å². The molecule has 2 aromatic carbocycles. The molecule has 29 heavy (non-hydrogen) atoms. The van der Waals surface area contributed by atoms with Gasteiger partial charge in [0.25, 0.3) is 0 Å². The van der Waals surface area contributed by atoms with Crippen molar-refractivity contribution in [2.45, 2.75) is 32.5 Å². The van der Waals surface area contributed by atoms with E-state index < -0.39 is 6.10 Å². The highest BCUT2D eigenvalue weighted by Gasteiger charge is 2.25. The van der Waals surface area contributed by atoms with Crippen LogP contribution < -0.4 is 5.73 Å². The van der Waals surface area contributed by atoms with Gasteiger partial charge in [0.15, 0.2) is 0 Å². The minimum atomic E-state index is -0.539. The molecule has 0 fully saturated rings. The molecule has 4 rings (SSSR count). The number of carbonyl (C=O) groups is 1. The lowest BCUT2D eigenvalue weighted by atomic mass is 10.0. The van der Waals surface area contributed by atoms with Gasteiger partial charge in [0, 0.05) is 18.7 Å². The Morgan fingerprint density at radius 1 is 1.14 bits per heavy atom. The van der Waals surface area contributed by atoms with Gasteiger partial charge in [0.05, 0.1) is 29.6 Å². The van der Waals surface area contributed by atoms with Crippen LogP contribution in [0.3, 0.4) is 0 Å². The number of halogens is 1. The average molecular weight is 391 g/mol. The molecule has 3 aromatic rings. The lowest BCUT2D eigenvalue weighted by molar-refractivity contribution is -0.131. The summed E-state index contributed by atoms with van der Waals surface area (Å²) in [6.07, 6.45) is -0.443. The number of hydrogen-bond acceptors (Lipinski definition) is 4. The SMILES string of the molecule is CC(O)c1ccc2c(c1)CN(C(=O)Cc1nc(-c3ccc(F)cc3)ccc1N)C2. The number of aliphatic hydroxyl groups excluding tert-OH is 1. The number of nitrogens with two attached hydrogens (primary N) is 1. The Hall–Kier alpha value is -3.25. The summed E-state index contributed by atoms with van der Waals surface area (Å²) in [4.78, 5) is 19.2. The summed E-state index contributed by atoms with van der Waals surface area (Å²) < 4.78 is 13.2. The number of benzene rings is 2. The van der Waals surface area contributed by atoms with E-state index in [0.29, 0.717) is 30.2 Å². The van der Waals surface area contributed by atoms with Gasteiger partial charge in [0.1, 0.15) is 5.82 Å². The molecule has 3 N–H and O–H groups in total. The predicted octanol–water partition coefficient (Wildman–Crippen LogP) is 3.61. The first-order valence-corrected chi connectivity index (χ1v) is 9.49. The first kappa shape index (κ1) is 19.1. The van der Waals surface area contributed by atoms with Crippen LogP contribution in [0.5, 0.6) is 0 Å². The molecule has 1 amide bonds. The quantitative estimate of drug-likeness (QED) is 0.712. The summed E-state index contributed by atoms with van der Waals surface area (Å²) in [6, 6.07) is 15.3. The lowest BCUT2D eigenvalue weighted by Gasteiger charge is -2.16. The molecule has 1 aliphatic rings. The van der Waals surface area contributed by atoms with Gasteiger partial charge >= 0.3 is 0 Å². The lowest BCUT2D eigenvalue weighted by Crippen LogP contribution is -2.27. The highest BCUT2D eigenvalue weighted by Crippen LogP contribution is 2.27. The molecule has 0 saturated heterocycles. The second kappa shape index (κ2) is 7.64. The van der Waals surface area contributed by atoms with Crippen molar-refractivity contribution in [3.05, 3.63) is 82.8 Å². The monoisotopic (exact) mass is 391 g/mol. The average Bonchev–Trinajstić information content (AvgIpc) is 3.14. The number of fused-ring (bicyclic) bond motifs is 1. The Labute approximate surface area is 168 Å². The van der Waals surface area contributed by atoms with E-state index in [9.17, 15) is 14.3 Å². The fraction of sp³-hybridized carbons (Fsp3) is 0.217. The van der Waals surface area contributed by atoms with E-state index in [4.69, 9.17) is 5.73 Å². The number of hydrogen-bond donors (Lipinski definition) is 2. The van der Waals surface area contributed by atoms with Crippen LogP contribution in [0.25, 0.3) is 11.3 Å². The summed E-state index contributed by atoms with van der Waals surface area (Å²) in [5.74, 6) is -0.373. The second-order valence-corrected chi connectivity index (χ2v) is 7.37. The first-order chi connectivity index (χ1) is 13.9. The molecule has 0 saturated carbocycles. The molecule has 2 heterocycles. The smallest absolute Gasteiger partial charge is 0.229 e. The van der Waals surface area contributed by atoms with Crippen molar-refractivity contribution in [3.8, 4) is 11.3 Å². The molecule has 6 heteroatoms. The predicted molar refractivity (Wildman–Crippen MR) is 109 cm³/mol. The second-order valence-electron chi connectivity index (χ2n) is 7.37. The van der Waals surface area contributed by atoms with Crippen LogP contribution in [0.4, 0.5) is 10.1 Å². The van der Waals surface area contributed by atoms with Crippen molar-refractivity contribution < 1.29 is 14.3 Å². The van der Waals surface area contributed by atoms with Gasteiger partial charge in [-0.2, -0.15) is 0 Å². The fourth-order valence-corrected chi connectivity index (χ4v) is 3.54. The maximum atomic E-state index is 13.2. The summed E-state index contributed by atoms with van der Waals surface area (Å²) in [5.41, 5.74) is 11.4. The topological polar surface area (TPSA) is 79.5 Å². The Kier molecular flexibility index (Phi) is 5.03. The van der Waals surface area contributed by atoms with Gasteiger partial charge in [0.2, 0.25) is 5.91 Å². The number of aliphatic hydroxyl groups is 1. The normalized spacial score (nSPS) is 14.0. The maximum absolute atomic E-state index is 13.2. The van der Waals surface area contributed by atoms with Crippen molar-refractivity contribution in [1.82, 2.24) is 9.88 Å². The molecule has 0 spiro atoms. The van der Waals surface area contributed by atoms with Crippen LogP contribution >= 0.6 is 0 Å². The third kappa shape index (κ3) is 3.98. The molecule has 0 aliphatic carbocycles. The number of pyridine rings is 1. The number of nitrogens with zero attached hydrogens (tertiary/aromatic N) is 2. The molecule has 1 atom stereocenters. The van der Waals surface area contributed by atoms with Gasteiger partial charge < -0.3 is 15.7 Å². The van der Waals surface area contributed by atoms with Crippen LogP contribution in [0, 0.1) is 5.82 Å². The van der Waals surface area contributed by atoms with E-state index in [2.05, 4.69) is 4.98 Å². The van der Waals surface area contributed by atoms with Gasteiger partial charge in [-0.25, -0.2) is 4.39 Å². The van der Waals surface area contributed by atoms with Gasteiger partial charge in [-0.3, -0.25) is 9.78 Å². The Bertz CT molecular complexity index is 1060. The van der Waals surface area contributed by atoms with Crippen LogP contribution in [0.2, 0.25) is 0 Å². The number of nitrogen functional groups attached to an aromatic ring is 1. The van der Waals surface area contributed by atoms with Crippen LogP contribution in [0.15, 0.2) is 54.6 Å². The van der Waals surface area contributed by atoms with Crippen LogP contribution in [-0.4, -0.2) is 20.9 Å². The van der Waals surface area contributed by atoms with Gasteiger partial charge in [-0.15, -0.1) is 0 Å². The van der Waals surface area contributed by atoms with E-state index in [1.165, 1.54) is 12.1 Å². The summed E-state index contributed by atoms with van der Waals surface area (Å²) >= 11 is 0. The fourth-order valence-electron chi connectivity index (χ4n) is 3.54. The zero-order valence-corrected chi connectivity index (χ0v) is 16.1. The third-order valence-corrected chi connectivity index (χ3v) is 5.26. The highest BCUT2D eigenvalue weighted by molar-refractivity contribution is 5.81. The van der Waals surface area contributed by atoms with Gasteiger partial charge in [-0.05, 0) is 60.0 Å². The van der Waals surface area contributed by atoms with E-state index in [1.54, 1.807) is 36.1 Å². The Morgan fingerprint density at radius 3 is 2.59 bits per heavy atom. The molecular weight excluding hydrogens is 369 g/mol. The molecule has 1 unspecified atom stereocenters. The molecule has 5 nitrogen and oxygen atoms in total. The van der Waals surface area contributed by atoms with Crippen LogP contribution in [-0.2, 0) is 24.3 Å². The molecular formula is C23H22FN3O2. The van der Waals surface area contributed by atoms with Gasteiger partial charge in [-0.1, -0.05) is 18.2 Å². The molecule has 1 aliphatic heterocycles. The highest BCUT2D eigenvalue weighted by atomic mass is 19.1. The number of carbonyl (C=O) groups excluding carboxylic acids is 1. The molecule has 1 aromatic heterocycles. The van der Waals surface area contributed by atoms with Crippen molar-refractivity contribution in [2.75, 3.05) is 5.73 Å². The molecule has 0 radical (unpaired) electrons. The molecule has 148 valence electrons. The van der Waals surface area contributed by atoms with E-state index in [1.807, 2.05) is 18.2 Å². The number of anilines is 1. The van der Waals surface area contributed by atoms with E-state index in [-0.39, 0.29) is 18.1 Å². The minimum Gasteiger partial charge on any atom is -0.397 e. The minimum absolute atomic E-state index is 0.0600. The third-order valence-electron chi connectivity index (χ3n) is 5.26. The van der Waals surface area contributed by atoms with E-state index >= 15 is 0 Å². The number of rotatable bonds is 4. The summed E-state index contributed by atoms with van der Waals surface area (Å²) in [5, 5.41) is 9.77. The zero-order chi connectivity index (χ0) is 20.5. The first-order valence-electron chi connectivity index (χ1n) is 9.49. The van der Waals surface area contributed by atoms with Crippen molar-refractivity contribution in [1.29, 1.82) is 0 Å². The Morgan fingerprint density at radius 2 is 1.86 bits per heavy atom. The summed E-state index contributed by atoms with van der Waals surface area (Å²) in [7, 11) is 0. The number of aromatic nitrogens is 1. The largest absolute Gasteiger partial charge is 0.397 e. The number of amides is 1. The Balaban J connectivity index is 1.51. The zero-order valence-electron chi connectivity index (χ0n) is 16.1. The van der Waals surface area contributed by atoms with Crippen molar-refractivity contribution >= 4 is 11.6 Å². The van der Waals surface area contributed by atoms with Crippen molar-refractivity contribution in [2.24, 2.45) is 0 Å².